The molecule has 1 unspecified atom stereocenters. The van der Waals surface area contributed by atoms with Gasteiger partial charge in [0.1, 0.15) is 16.9 Å². The van der Waals surface area contributed by atoms with Crippen molar-refractivity contribution in [1.82, 2.24) is 19.9 Å². The van der Waals surface area contributed by atoms with Gasteiger partial charge in [0.2, 0.25) is 0 Å². The van der Waals surface area contributed by atoms with Crippen molar-refractivity contribution in [3.63, 3.8) is 0 Å². The Hall–Kier alpha value is -3.62. The maximum absolute atomic E-state index is 13.3. The first-order chi connectivity index (χ1) is 14.7. The number of fused-ring (bicyclic) bond motifs is 2. The molecule has 160 valence electrons. The fourth-order valence-corrected chi connectivity index (χ4v) is 3.37. The van der Waals surface area contributed by atoms with E-state index in [4.69, 9.17) is 5.73 Å². The second-order valence-electron chi connectivity index (χ2n) is 7.31. The van der Waals surface area contributed by atoms with Gasteiger partial charge in [-0.3, -0.25) is 9.36 Å². The van der Waals surface area contributed by atoms with E-state index in [0.29, 0.717) is 17.5 Å². The first kappa shape index (κ1) is 20.6. The lowest BCUT2D eigenvalue weighted by Crippen LogP contribution is -2.32. The highest BCUT2D eigenvalue weighted by Crippen LogP contribution is 2.34. The summed E-state index contributed by atoms with van der Waals surface area (Å²) < 4.78 is 41.2. The summed E-state index contributed by atoms with van der Waals surface area (Å²) in [6, 6.07) is 11.7. The summed E-state index contributed by atoms with van der Waals surface area (Å²) in [6.45, 7) is 3.77. The predicted molar refractivity (Wildman–Crippen MR) is 113 cm³/mol. The summed E-state index contributed by atoms with van der Waals surface area (Å²) in [5.74, 6) is -0.474. The van der Waals surface area contributed by atoms with Crippen molar-refractivity contribution in [2.75, 3.05) is 5.73 Å². The minimum Gasteiger partial charge on any atom is -0.384 e. The lowest BCUT2D eigenvalue weighted by atomic mass is 10.2. The molecule has 6 nitrogen and oxygen atoms in total. The molecule has 0 aliphatic heterocycles. The zero-order chi connectivity index (χ0) is 22.3. The van der Waals surface area contributed by atoms with E-state index in [9.17, 15) is 18.0 Å². The topological polar surface area (TPSA) is 85.8 Å². The first-order valence-corrected chi connectivity index (χ1v) is 9.76. The van der Waals surface area contributed by atoms with Crippen molar-refractivity contribution in [3.05, 3.63) is 59.7 Å². The molecule has 9 heteroatoms. The number of nitrogens with zero attached hydrogens (tertiary/aromatic N) is 3. The minimum absolute atomic E-state index is 0.0227. The van der Waals surface area contributed by atoms with Gasteiger partial charge in [-0.2, -0.15) is 13.2 Å². The Morgan fingerprint density at radius 3 is 2.45 bits per heavy atom. The number of carbonyl (C=O) groups is 1. The molecule has 0 radical (unpaired) electrons. The highest BCUT2D eigenvalue weighted by Gasteiger charge is 2.31. The van der Waals surface area contributed by atoms with Crippen LogP contribution in [0.15, 0.2) is 48.5 Å². The number of halogens is 3. The van der Waals surface area contributed by atoms with Gasteiger partial charge in [0, 0.05) is 11.7 Å². The van der Waals surface area contributed by atoms with E-state index >= 15 is 0 Å². The number of benzene rings is 2. The molecule has 1 amide bonds. The zero-order valence-corrected chi connectivity index (χ0v) is 16.9. The molecule has 0 spiro atoms. The number of carbonyl (C=O) groups excluding carboxylic acids is 1. The molecule has 4 rings (SSSR count). The summed E-state index contributed by atoms with van der Waals surface area (Å²) in [7, 11) is 0. The maximum atomic E-state index is 13.3. The number of alkyl halides is 3. The van der Waals surface area contributed by atoms with Gasteiger partial charge in [-0.25, -0.2) is 9.97 Å². The number of nitrogens with one attached hydrogen (secondary N) is 1. The fraction of sp³-hybridized carbons (Fsp3) is 0.227. The average molecular weight is 427 g/mol. The van der Waals surface area contributed by atoms with Gasteiger partial charge in [-0.05, 0) is 43.7 Å². The van der Waals surface area contributed by atoms with Crippen LogP contribution >= 0.6 is 0 Å². The molecule has 2 heterocycles. The number of rotatable bonds is 4. The number of para-hydroxylation sites is 2. The Bertz CT molecular complexity index is 1300. The third-order valence-corrected chi connectivity index (χ3v) is 5.15. The number of aromatic nitrogens is 3. The molecular weight excluding hydrogens is 407 g/mol. The smallest absolute Gasteiger partial charge is 0.384 e. The molecule has 31 heavy (non-hydrogen) atoms. The molecule has 0 fully saturated rings. The Kier molecular flexibility index (Phi) is 5.04. The van der Waals surface area contributed by atoms with E-state index < -0.39 is 17.6 Å². The van der Waals surface area contributed by atoms with Crippen LogP contribution in [0, 0.1) is 0 Å². The summed E-state index contributed by atoms with van der Waals surface area (Å²) >= 11 is 0. The molecule has 0 saturated heterocycles. The molecule has 0 bridgehead atoms. The van der Waals surface area contributed by atoms with Crippen molar-refractivity contribution in [2.24, 2.45) is 0 Å². The number of amides is 1. The highest BCUT2D eigenvalue weighted by molar-refractivity contribution is 6.11. The van der Waals surface area contributed by atoms with Gasteiger partial charge in [0.25, 0.3) is 5.91 Å². The predicted octanol–water partition coefficient (Wildman–Crippen LogP) is 4.70. The Balaban J connectivity index is 2.02. The molecule has 3 N–H and O–H groups in total. The second kappa shape index (κ2) is 7.57. The van der Waals surface area contributed by atoms with Crippen molar-refractivity contribution < 1.29 is 18.0 Å². The molecule has 2 aromatic carbocycles. The van der Waals surface area contributed by atoms with Gasteiger partial charge in [-0.15, -0.1) is 0 Å². The van der Waals surface area contributed by atoms with Crippen molar-refractivity contribution >= 4 is 33.9 Å². The molecule has 4 aromatic rings. The third-order valence-electron chi connectivity index (χ3n) is 5.15. The fourth-order valence-electron chi connectivity index (χ4n) is 3.37. The SMILES string of the molecule is CCC(C)NC(=O)c1c(N)n(-c2cccc(C(F)(F)F)c2)c2nc3ccccc3nc12. The van der Waals surface area contributed by atoms with Crippen LogP contribution in [0.2, 0.25) is 0 Å². The standard InChI is InChI=1S/C22H20F3N5O/c1-3-12(2)27-21(31)17-18-20(29-16-10-5-4-9-15(16)28-18)30(19(17)26)14-8-6-7-13(11-14)22(23,24)25/h4-12H,3,26H2,1-2H3,(H,27,31). The van der Waals surface area contributed by atoms with E-state index in [-0.39, 0.29) is 34.3 Å². The summed E-state index contributed by atoms with van der Waals surface area (Å²) in [4.78, 5) is 22.1. The average Bonchev–Trinajstić information content (AvgIpc) is 3.02. The van der Waals surface area contributed by atoms with Gasteiger partial charge >= 0.3 is 6.18 Å². The Labute approximate surface area is 175 Å². The van der Waals surface area contributed by atoms with E-state index in [1.165, 1.54) is 16.7 Å². The minimum atomic E-state index is -4.52. The number of hydrogen-bond donors (Lipinski definition) is 2. The largest absolute Gasteiger partial charge is 0.416 e. The van der Waals surface area contributed by atoms with Gasteiger partial charge in [0.05, 0.1) is 16.6 Å². The van der Waals surface area contributed by atoms with Crippen LogP contribution in [-0.4, -0.2) is 26.5 Å². The van der Waals surface area contributed by atoms with Crippen molar-refractivity contribution in [1.29, 1.82) is 0 Å². The van der Waals surface area contributed by atoms with Crippen LogP contribution in [0.25, 0.3) is 27.9 Å². The van der Waals surface area contributed by atoms with Crippen molar-refractivity contribution in [3.8, 4) is 5.69 Å². The lowest BCUT2D eigenvalue weighted by molar-refractivity contribution is -0.137. The Morgan fingerprint density at radius 2 is 1.81 bits per heavy atom. The van der Waals surface area contributed by atoms with Crippen LogP contribution in [-0.2, 0) is 6.18 Å². The second-order valence-corrected chi connectivity index (χ2v) is 7.31. The third kappa shape index (κ3) is 3.67. The molecule has 0 saturated carbocycles. The summed E-state index contributed by atoms with van der Waals surface area (Å²) in [5, 5.41) is 2.85. The van der Waals surface area contributed by atoms with E-state index in [1.54, 1.807) is 24.3 Å². The molecule has 0 aliphatic carbocycles. The van der Waals surface area contributed by atoms with Crippen LogP contribution in [0.3, 0.4) is 0 Å². The summed E-state index contributed by atoms with van der Waals surface area (Å²) in [6.07, 6.45) is -3.82. The highest BCUT2D eigenvalue weighted by atomic mass is 19.4. The molecule has 0 aliphatic rings. The van der Waals surface area contributed by atoms with Crippen LogP contribution in [0.1, 0.15) is 36.2 Å². The van der Waals surface area contributed by atoms with E-state index in [0.717, 1.165) is 12.1 Å². The van der Waals surface area contributed by atoms with Gasteiger partial charge < -0.3 is 11.1 Å². The molecule has 1 atom stereocenters. The number of hydrogen-bond acceptors (Lipinski definition) is 4. The first-order valence-electron chi connectivity index (χ1n) is 9.76. The monoisotopic (exact) mass is 427 g/mol. The van der Waals surface area contributed by atoms with Crippen LogP contribution in [0.4, 0.5) is 19.0 Å². The quantitative estimate of drug-likeness (QED) is 0.494. The van der Waals surface area contributed by atoms with E-state index in [1.807, 2.05) is 13.8 Å². The zero-order valence-electron chi connectivity index (χ0n) is 16.9. The molecule has 2 aromatic heterocycles. The Morgan fingerprint density at radius 1 is 1.13 bits per heavy atom. The van der Waals surface area contributed by atoms with Crippen LogP contribution < -0.4 is 11.1 Å². The maximum Gasteiger partial charge on any atom is 0.416 e. The van der Waals surface area contributed by atoms with Crippen molar-refractivity contribution in [2.45, 2.75) is 32.5 Å². The van der Waals surface area contributed by atoms with Gasteiger partial charge in [0.15, 0.2) is 5.65 Å². The number of nitrogen functional groups attached to an aromatic ring is 1. The lowest BCUT2D eigenvalue weighted by Gasteiger charge is -2.13. The van der Waals surface area contributed by atoms with E-state index in [2.05, 4.69) is 15.3 Å². The van der Waals surface area contributed by atoms with Gasteiger partial charge in [-0.1, -0.05) is 25.1 Å². The number of nitrogens with two attached hydrogens (primary N) is 1. The van der Waals surface area contributed by atoms with Crippen LogP contribution in [0.5, 0.6) is 0 Å². The normalized spacial score (nSPS) is 12.9. The summed E-state index contributed by atoms with van der Waals surface area (Å²) in [5.41, 5.74) is 7.26. The molecular formula is C22H20F3N5O. The number of anilines is 1.